The fourth-order valence-corrected chi connectivity index (χ4v) is 4.96. The summed E-state index contributed by atoms with van der Waals surface area (Å²) in [6.07, 6.45) is 5.92. The number of amides is 1. The van der Waals surface area contributed by atoms with Gasteiger partial charge in [-0.25, -0.2) is 9.97 Å². The van der Waals surface area contributed by atoms with E-state index in [0.29, 0.717) is 24.7 Å². The van der Waals surface area contributed by atoms with Gasteiger partial charge in [-0.05, 0) is 43.2 Å². The number of pyridine rings is 1. The Bertz CT molecular complexity index is 1070. The van der Waals surface area contributed by atoms with Gasteiger partial charge in [-0.1, -0.05) is 6.07 Å². The number of rotatable bonds is 4. The van der Waals surface area contributed by atoms with Crippen molar-refractivity contribution in [3.05, 3.63) is 48.9 Å². The van der Waals surface area contributed by atoms with Gasteiger partial charge in [0.05, 0.1) is 12.1 Å². The zero-order valence-corrected chi connectivity index (χ0v) is 16.8. The van der Waals surface area contributed by atoms with E-state index in [9.17, 15) is 18.0 Å². The molecule has 2 aliphatic rings. The molecule has 7 nitrogen and oxygen atoms in total. The first-order valence-corrected chi connectivity index (χ1v) is 10.4. The van der Waals surface area contributed by atoms with Crippen LogP contribution in [0.2, 0.25) is 0 Å². The largest absolute Gasteiger partial charge is 0.401 e. The normalized spacial score (nSPS) is 19.6. The number of hydrogen-bond donors (Lipinski definition) is 1. The molecule has 0 aromatic carbocycles. The summed E-state index contributed by atoms with van der Waals surface area (Å²) in [4.78, 5) is 23.1. The highest BCUT2D eigenvalue weighted by Gasteiger charge is 2.48. The third-order valence-corrected chi connectivity index (χ3v) is 6.38. The monoisotopic (exact) mass is 432 g/mol. The van der Waals surface area contributed by atoms with Crippen LogP contribution in [0.15, 0.2) is 43.1 Å². The van der Waals surface area contributed by atoms with E-state index in [-0.39, 0.29) is 17.4 Å². The molecule has 1 saturated heterocycles. The van der Waals surface area contributed by atoms with Gasteiger partial charge >= 0.3 is 6.18 Å². The van der Waals surface area contributed by atoms with Gasteiger partial charge in [0.2, 0.25) is 5.82 Å². The summed E-state index contributed by atoms with van der Waals surface area (Å²) < 4.78 is 41.2. The van der Waals surface area contributed by atoms with Crippen LogP contribution < -0.4 is 5.32 Å². The number of carbonyl (C=O) groups is 1. The number of likely N-dealkylation sites (tertiary alicyclic amines) is 1. The Morgan fingerprint density at radius 2 is 1.97 bits per heavy atom. The molecule has 5 rings (SSSR count). The first-order chi connectivity index (χ1) is 14.8. The van der Waals surface area contributed by atoms with Crippen LogP contribution in [0.25, 0.3) is 11.3 Å². The van der Waals surface area contributed by atoms with Gasteiger partial charge in [0, 0.05) is 37.7 Å². The SMILES string of the molecule is O=C(NC1CCC2(CC1)CN(CC(F)(F)F)C2)c1nc(-n2ccnc2)c2ccccn12. The number of fused-ring (bicyclic) bond motifs is 1. The molecule has 1 amide bonds. The predicted octanol–water partition coefficient (Wildman–Crippen LogP) is 3.06. The molecule has 1 N–H and O–H groups in total. The molecule has 3 aromatic heterocycles. The third-order valence-electron chi connectivity index (χ3n) is 6.38. The van der Waals surface area contributed by atoms with Crippen molar-refractivity contribution in [2.75, 3.05) is 19.6 Å². The van der Waals surface area contributed by atoms with E-state index in [2.05, 4.69) is 15.3 Å². The first kappa shape index (κ1) is 20.0. The predicted molar refractivity (Wildman–Crippen MR) is 107 cm³/mol. The highest BCUT2D eigenvalue weighted by atomic mass is 19.4. The van der Waals surface area contributed by atoms with Crippen LogP contribution in [-0.2, 0) is 0 Å². The lowest BCUT2D eigenvalue weighted by Crippen LogP contribution is -2.60. The minimum atomic E-state index is -4.14. The van der Waals surface area contributed by atoms with Crippen LogP contribution in [0.3, 0.4) is 0 Å². The van der Waals surface area contributed by atoms with Crippen LogP contribution in [-0.4, -0.2) is 61.6 Å². The van der Waals surface area contributed by atoms with E-state index < -0.39 is 12.7 Å². The van der Waals surface area contributed by atoms with Crippen molar-refractivity contribution in [2.24, 2.45) is 5.41 Å². The number of carbonyl (C=O) groups excluding carboxylic acids is 1. The topological polar surface area (TPSA) is 67.5 Å². The number of nitrogens with zero attached hydrogens (tertiary/aromatic N) is 5. The minimum absolute atomic E-state index is 0.00236. The van der Waals surface area contributed by atoms with Crippen LogP contribution in [0, 0.1) is 5.41 Å². The molecule has 3 aromatic rings. The highest BCUT2D eigenvalue weighted by molar-refractivity contribution is 5.93. The summed E-state index contributed by atoms with van der Waals surface area (Å²) >= 11 is 0. The van der Waals surface area contributed by atoms with Crippen molar-refractivity contribution in [3.8, 4) is 5.82 Å². The van der Waals surface area contributed by atoms with E-state index in [1.807, 2.05) is 18.2 Å². The third kappa shape index (κ3) is 3.91. The maximum atomic E-state index is 13.0. The first-order valence-electron chi connectivity index (χ1n) is 10.4. The summed E-state index contributed by atoms with van der Waals surface area (Å²) in [6.45, 7) is 0.153. The molecule has 4 heterocycles. The maximum absolute atomic E-state index is 13.0. The zero-order chi connectivity index (χ0) is 21.6. The van der Waals surface area contributed by atoms with Crippen molar-refractivity contribution < 1.29 is 18.0 Å². The molecular weight excluding hydrogens is 409 g/mol. The van der Waals surface area contributed by atoms with E-state index in [1.54, 1.807) is 33.9 Å². The smallest absolute Gasteiger partial charge is 0.347 e. The van der Waals surface area contributed by atoms with Gasteiger partial charge in [-0.3, -0.25) is 18.7 Å². The fourth-order valence-electron chi connectivity index (χ4n) is 4.96. The number of hydrogen-bond acceptors (Lipinski definition) is 4. The Kier molecular flexibility index (Phi) is 4.76. The quantitative estimate of drug-likeness (QED) is 0.688. The molecular formula is C21H23F3N6O. The molecule has 10 heteroatoms. The molecule has 0 atom stereocenters. The number of halogens is 3. The maximum Gasteiger partial charge on any atom is 0.401 e. The van der Waals surface area contributed by atoms with Crippen LogP contribution in [0.1, 0.15) is 36.3 Å². The van der Waals surface area contributed by atoms with E-state index >= 15 is 0 Å². The average molecular weight is 432 g/mol. The second-order valence-electron chi connectivity index (χ2n) is 8.69. The fraction of sp³-hybridized carbons (Fsp3) is 0.476. The van der Waals surface area contributed by atoms with Crippen molar-refractivity contribution in [3.63, 3.8) is 0 Å². The summed E-state index contributed by atoms with van der Waals surface area (Å²) in [5.74, 6) is 0.686. The van der Waals surface area contributed by atoms with E-state index in [0.717, 1.165) is 31.2 Å². The Morgan fingerprint density at radius 1 is 1.19 bits per heavy atom. The lowest BCUT2D eigenvalue weighted by atomic mass is 9.67. The van der Waals surface area contributed by atoms with Gasteiger partial charge in [0.1, 0.15) is 6.33 Å². The zero-order valence-electron chi connectivity index (χ0n) is 16.8. The molecule has 31 heavy (non-hydrogen) atoms. The van der Waals surface area contributed by atoms with Crippen molar-refractivity contribution in [2.45, 2.75) is 37.9 Å². The number of aromatic nitrogens is 4. The second kappa shape index (κ2) is 7.37. The average Bonchev–Trinajstić information content (AvgIpc) is 3.35. The lowest BCUT2D eigenvalue weighted by molar-refractivity contribution is -0.173. The lowest BCUT2D eigenvalue weighted by Gasteiger charge is -2.53. The summed E-state index contributed by atoms with van der Waals surface area (Å²) in [7, 11) is 0. The molecule has 0 unspecified atom stereocenters. The molecule has 1 spiro atoms. The minimum Gasteiger partial charge on any atom is -0.347 e. The van der Waals surface area contributed by atoms with Gasteiger partial charge in [0.15, 0.2) is 5.82 Å². The number of alkyl halides is 3. The van der Waals surface area contributed by atoms with Crippen molar-refractivity contribution >= 4 is 11.4 Å². The van der Waals surface area contributed by atoms with Gasteiger partial charge in [-0.15, -0.1) is 0 Å². The molecule has 1 saturated carbocycles. The van der Waals surface area contributed by atoms with E-state index in [1.165, 1.54) is 4.90 Å². The molecule has 1 aliphatic carbocycles. The Labute approximate surface area is 176 Å². The van der Waals surface area contributed by atoms with Gasteiger partial charge in [-0.2, -0.15) is 13.2 Å². The molecule has 164 valence electrons. The number of nitrogens with one attached hydrogen (secondary N) is 1. The highest BCUT2D eigenvalue weighted by Crippen LogP contribution is 2.44. The Morgan fingerprint density at radius 3 is 2.65 bits per heavy atom. The van der Waals surface area contributed by atoms with Crippen LogP contribution in [0.4, 0.5) is 13.2 Å². The molecule has 1 aliphatic heterocycles. The van der Waals surface area contributed by atoms with E-state index in [4.69, 9.17) is 0 Å². The molecule has 0 radical (unpaired) electrons. The summed E-state index contributed by atoms with van der Waals surface area (Å²) in [5, 5.41) is 3.08. The summed E-state index contributed by atoms with van der Waals surface area (Å²) in [6, 6.07) is 5.63. The molecule has 0 bridgehead atoms. The number of imidazole rings is 2. The van der Waals surface area contributed by atoms with Gasteiger partial charge < -0.3 is 5.32 Å². The summed E-state index contributed by atoms with van der Waals surface area (Å²) in [5.41, 5.74) is 0.772. The Hall–Kier alpha value is -2.88. The van der Waals surface area contributed by atoms with Crippen molar-refractivity contribution in [1.29, 1.82) is 0 Å². The standard InChI is InChI=1S/C21H23F3N6O/c22-21(23,24)13-28-11-20(12-28)6-4-15(5-7-20)26-19(31)18-27-17(29-10-8-25-14-29)16-3-1-2-9-30(16)18/h1-3,8-10,14-15H,4-7,11-13H2,(H,26,31). The molecule has 2 fully saturated rings. The van der Waals surface area contributed by atoms with Crippen LogP contribution in [0.5, 0.6) is 0 Å². The second-order valence-corrected chi connectivity index (χ2v) is 8.69. The Balaban J connectivity index is 1.24. The van der Waals surface area contributed by atoms with Crippen molar-refractivity contribution in [1.82, 2.24) is 29.2 Å². The van der Waals surface area contributed by atoms with Gasteiger partial charge in [0.25, 0.3) is 5.91 Å². The van der Waals surface area contributed by atoms with Crippen LogP contribution >= 0.6 is 0 Å².